The summed E-state index contributed by atoms with van der Waals surface area (Å²) >= 11 is 6.55. The van der Waals surface area contributed by atoms with E-state index in [-0.39, 0.29) is 32.1 Å². The number of unbranched alkanes of at least 4 members (excludes halogenated alkanes) is 1. The van der Waals surface area contributed by atoms with Crippen molar-refractivity contribution in [2.24, 2.45) is 0 Å². The summed E-state index contributed by atoms with van der Waals surface area (Å²) in [7, 11) is -4.23. The molecule has 40 heavy (non-hydrogen) atoms. The lowest BCUT2D eigenvalue weighted by Crippen LogP contribution is -2.38. The molecule has 1 unspecified atom stereocenters. The van der Waals surface area contributed by atoms with Gasteiger partial charge in [-0.25, -0.2) is 4.68 Å². The topological polar surface area (TPSA) is 144 Å². The number of hydrogen-bond donors (Lipinski definition) is 2. The fraction of sp³-hybridized carbons (Fsp3) is 0.444. The Balaban J connectivity index is 1.76. The third-order valence-electron chi connectivity index (χ3n) is 7.04. The van der Waals surface area contributed by atoms with E-state index >= 15 is 0 Å². The number of aliphatic hydroxyl groups is 2. The average Bonchev–Trinajstić information content (AvgIpc) is 3.31. The number of rotatable bonds is 11. The number of benzene rings is 2. The first-order chi connectivity index (χ1) is 19.1. The zero-order chi connectivity index (χ0) is 29.0. The summed E-state index contributed by atoms with van der Waals surface area (Å²) in [4.78, 5) is 12.7. The Morgan fingerprint density at radius 3 is 2.70 bits per heavy atom. The predicted molar refractivity (Wildman–Crippen MR) is 149 cm³/mol. The number of halogens is 1. The van der Waals surface area contributed by atoms with Gasteiger partial charge in [-0.2, -0.15) is 12.7 Å². The molecule has 1 aliphatic heterocycles. The van der Waals surface area contributed by atoms with Crippen molar-refractivity contribution >= 4 is 38.9 Å². The third-order valence-corrected chi connectivity index (χ3v) is 8.81. The number of nitrogens with zero attached hydrogens (tertiary/aromatic N) is 4. The van der Waals surface area contributed by atoms with E-state index in [2.05, 4.69) is 14.5 Å². The van der Waals surface area contributed by atoms with Crippen molar-refractivity contribution in [2.75, 3.05) is 19.8 Å². The second kappa shape index (κ2) is 12.5. The Kier molecular flexibility index (Phi) is 9.34. The van der Waals surface area contributed by atoms with E-state index in [1.54, 1.807) is 30.7 Å². The molecule has 13 heteroatoms. The number of carbonyl (C=O) groups excluding carboxylic acids is 1. The molecule has 3 aromatic rings. The molecule has 0 bridgehead atoms. The monoisotopic (exact) mass is 592 g/mol. The number of aliphatic hydroxyl groups excluding tert-OH is 2. The molecular weight excluding hydrogens is 560 g/mol. The molecule has 2 atom stereocenters. The Morgan fingerprint density at radius 2 is 2.00 bits per heavy atom. The highest BCUT2D eigenvalue weighted by molar-refractivity contribution is 7.84. The molecule has 11 nitrogen and oxygen atoms in total. The minimum absolute atomic E-state index is 0.0437. The van der Waals surface area contributed by atoms with E-state index < -0.39 is 28.2 Å². The van der Waals surface area contributed by atoms with Gasteiger partial charge in [-0.1, -0.05) is 35.0 Å². The van der Waals surface area contributed by atoms with Crippen LogP contribution in [-0.4, -0.2) is 63.7 Å². The van der Waals surface area contributed by atoms with E-state index in [1.807, 2.05) is 25.1 Å². The Morgan fingerprint density at radius 1 is 1.23 bits per heavy atom. The number of esters is 1. The zero-order valence-corrected chi connectivity index (χ0v) is 24.2. The van der Waals surface area contributed by atoms with E-state index in [0.29, 0.717) is 29.1 Å². The second-order valence-corrected chi connectivity index (χ2v) is 11.5. The molecule has 0 fully saturated rings. The van der Waals surface area contributed by atoms with Gasteiger partial charge in [0.15, 0.2) is 0 Å². The molecule has 216 valence electrons. The van der Waals surface area contributed by atoms with Gasteiger partial charge in [-0.3, -0.25) is 4.79 Å². The van der Waals surface area contributed by atoms with Crippen molar-refractivity contribution in [3.63, 3.8) is 0 Å². The maximum Gasteiger partial charge on any atom is 0.388 e. The maximum atomic E-state index is 12.7. The molecule has 0 amide bonds. The smallest absolute Gasteiger partial charge is 0.388 e. The molecule has 0 spiro atoms. The highest BCUT2D eigenvalue weighted by Gasteiger charge is 2.35. The third kappa shape index (κ3) is 6.25. The first-order valence-electron chi connectivity index (χ1n) is 13.1. The van der Waals surface area contributed by atoms with E-state index in [4.69, 9.17) is 21.4 Å². The molecule has 0 radical (unpaired) electrons. The molecule has 1 aromatic heterocycles. The van der Waals surface area contributed by atoms with Crippen LogP contribution in [0.3, 0.4) is 0 Å². The molecule has 2 heterocycles. The van der Waals surface area contributed by atoms with Crippen LogP contribution in [0.1, 0.15) is 67.3 Å². The van der Waals surface area contributed by atoms with Gasteiger partial charge in [-0.15, -0.1) is 5.10 Å². The van der Waals surface area contributed by atoms with Gasteiger partial charge in [0.25, 0.3) is 5.95 Å². The normalized spacial score (nSPS) is 16.8. The average molecular weight is 593 g/mol. The van der Waals surface area contributed by atoms with Crippen LogP contribution in [-0.2, 0) is 30.6 Å². The lowest BCUT2D eigenvalue weighted by atomic mass is 9.84. The quantitative estimate of drug-likeness (QED) is 0.246. The van der Waals surface area contributed by atoms with E-state index in [0.717, 1.165) is 32.9 Å². The van der Waals surface area contributed by atoms with Crippen molar-refractivity contribution in [1.82, 2.24) is 19.3 Å². The largest absolute Gasteiger partial charge is 0.480 e. The number of aryl methyl sites for hydroxylation is 2. The summed E-state index contributed by atoms with van der Waals surface area (Å²) in [6.45, 7) is 6.23. The fourth-order valence-electron chi connectivity index (χ4n) is 4.95. The zero-order valence-electron chi connectivity index (χ0n) is 22.6. The van der Waals surface area contributed by atoms with E-state index in [9.17, 15) is 18.3 Å². The van der Waals surface area contributed by atoms with Crippen molar-refractivity contribution < 1.29 is 32.3 Å². The van der Waals surface area contributed by atoms with Crippen LogP contribution in [0.25, 0.3) is 11.0 Å². The lowest BCUT2D eigenvalue weighted by Gasteiger charge is -2.30. The second-order valence-electron chi connectivity index (χ2n) is 9.56. The summed E-state index contributed by atoms with van der Waals surface area (Å²) in [5, 5.41) is 27.7. The standard InChI is InChI=1S/C27H33ClN4O7S/c1-4-38-26(35)16-22(20-8-10-24-27(17(20)2)29-30-31(24)12-5-6-14-33)19-7-9-23(28)21(15-19)18(3)32-13-11-25(34)39-40(32,36)37/h7-11,15,18,22,33-34H,4-6,12-14,16H2,1-3H3/t18-,22?/m1/s1. The van der Waals surface area contributed by atoms with Gasteiger partial charge in [0.2, 0.25) is 0 Å². The fourth-order valence-corrected chi connectivity index (χ4v) is 6.36. The van der Waals surface area contributed by atoms with Crippen LogP contribution in [0.15, 0.2) is 42.4 Å². The number of carbonyl (C=O) groups is 1. The summed E-state index contributed by atoms with van der Waals surface area (Å²) in [5.74, 6) is -1.49. The maximum absolute atomic E-state index is 12.7. The summed E-state index contributed by atoms with van der Waals surface area (Å²) < 4.78 is 38.0. The molecule has 1 aliphatic rings. The minimum atomic E-state index is -4.23. The van der Waals surface area contributed by atoms with Crippen molar-refractivity contribution in [2.45, 2.75) is 58.5 Å². The Labute approximate surface area is 238 Å². The Bertz CT molecular complexity index is 1520. The first-order valence-corrected chi connectivity index (χ1v) is 14.8. The van der Waals surface area contributed by atoms with Gasteiger partial charge < -0.3 is 19.1 Å². The van der Waals surface area contributed by atoms with Gasteiger partial charge in [0.05, 0.1) is 24.6 Å². The SMILES string of the molecule is CCOC(=O)CC(c1ccc(Cl)c([C@@H](C)N2CC=C(O)OS2(=O)=O)c1)c1ccc2c(nnn2CCCCO)c1C. The van der Waals surface area contributed by atoms with Gasteiger partial charge in [0.1, 0.15) is 5.52 Å². The van der Waals surface area contributed by atoms with Crippen LogP contribution < -0.4 is 0 Å². The van der Waals surface area contributed by atoms with Crippen LogP contribution in [0.4, 0.5) is 0 Å². The number of ether oxygens (including phenoxy) is 1. The summed E-state index contributed by atoms with van der Waals surface area (Å²) in [6.07, 6.45) is 2.73. The highest BCUT2D eigenvalue weighted by Crippen LogP contribution is 2.38. The lowest BCUT2D eigenvalue weighted by molar-refractivity contribution is -0.143. The van der Waals surface area contributed by atoms with Gasteiger partial charge >= 0.3 is 16.3 Å². The van der Waals surface area contributed by atoms with Crippen molar-refractivity contribution in [3.8, 4) is 0 Å². The number of hydrogen-bond acceptors (Lipinski definition) is 9. The Hall–Kier alpha value is -3.19. The first kappa shape index (κ1) is 29.8. The van der Waals surface area contributed by atoms with Crippen LogP contribution in [0.5, 0.6) is 0 Å². The van der Waals surface area contributed by atoms with E-state index in [1.165, 1.54) is 6.08 Å². The van der Waals surface area contributed by atoms with Gasteiger partial charge in [0, 0.05) is 36.7 Å². The van der Waals surface area contributed by atoms with Crippen LogP contribution in [0.2, 0.25) is 5.02 Å². The number of aromatic nitrogens is 3. The van der Waals surface area contributed by atoms with Gasteiger partial charge in [-0.05, 0) is 68.0 Å². The summed E-state index contributed by atoms with van der Waals surface area (Å²) in [6, 6.07) is 8.42. The molecule has 0 saturated carbocycles. The molecule has 4 rings (SSSR count). The summed E-state index contributed by atoms with van der Waals surface area (Å²) in [5.41, 5.74) is 4.53. The minimum Gasteiger partial charge on any atom is -0.480 e. The molecule has 2 aromatic carbocycles. The molecule has 2 N–H and O–H groups in total. The predicted octanol–water partition coefficient (Wildman–Crippen LogP) is 4.29. The molecule has 0 saturated heterocycles. The molecule has 0 aliphatic carbocycles. The van der Waals surface area contributed by atoms with Crippen molar-refractivity contribution in [1.29, 1.82) is 0 Å². The highest BCUT2D eigenvalue weighted by atomic mass is 35.5. The van der Waals surface area contributed by atoms with Crippen LogP contribution >= 0.6 is 11.6 Å². The molecular formula is C27H33ClN4O7S. The number of fused-ring (bicyclic) bond motifs is 1. The van der Waals surface area contributed by atoms with Crippen molar-refractivity contribution in [3.05, 3.63) is 69.6 Å². The van der Waals surface area contributed by atoms with Crippen LogP contribution in [0, 0.1) is 6.92 Å².